The van der Waals surface area contributed by atoms with Gasteiger partial charge in [-0.25, -0.2) is 14.2 Å². The second-order valence-electron chi connectivity index (χ2n) is 5.43. The van der Waals surface area contributed by atoms with E-state index in [0.717, 1.165) is 5.56 Å². The van der Waals surface area contributed by atoms with Crippen molar-refractivity contribution in [2.24, 2.45) is 0 Å². The molecule has 0 fully saturated rings. The Morgan fingerprint density at radius 1 is 1.16 bits per heavy atom. The highest BCUT2D eigenvalue weighted by atomic mass is 19.1. The summed E-state index contributed by atoms with van der Waals surface area (Å²) in [5.74, 6) is -1.33. The highest BCUT2D eigenvalue weighted by molar-refractivity contribution is 5.89. The first-order valence-corrected chi connectivity index (χ1v) is 7.73. The molecule has 6 heteroatoms. The van der Waals surface area contributed by atoms with Crippen LogP contribution >= 0.6 is 0 Å². The molecule has 3 rings (SSSR count). The maximum absolute atomic E-state index is 13.7. The Labute approximate surface area is 144 Å². The standard InChI is InChI=1S/C19H17FN2O3/c1-13(14-7-4-3-5-8-14)22-12-21-11-16(22)19(23)25-17-10-6-9-15(20)18(17)24-2/h3-13H,1-2H3. The Balaban J connectivity index is 1.88. The molecule has 0 bridgehead atoms. The topological polar surface area (TPSA) is 53.4 Å². The molecule has 5 nitrogen and oxygen atoms in total. The molecule has 25 heavy (non-hydrogen) atoms. The molecule has 1 aromatic heterocycles. The molecule has 1 unspecified atom stereocenters. The lowest BCUT2D eigenvalue weighted by Gasteiger charge is -2.16. The van der Waals surface area contributed by atoms with E-state index in [9.17, 15) is 9.18 Å². The van der Waals surface area contributed by atoms with E-state index in [2.05, 4.69) is 4.98 Å². The van der Waals surface area contributed by atoms with Crippen LogP contribution in [0.2, 0.25) is 0 Å². The van der Waals surface area contributed by atoms with Crippen LogP contribution in [0.1, 0.15) is 29.0 Å². The number of esters is 1. The predicted molar refractivity (Wildman–Crippen MR) is 90.4 cm³/mol. The van der Waals surface area contributed by atoms with Crippen molar-refractivity contribution in [2.75, 3.05) is 7.11 Å². The van der Waals surface area contributed by atoms with E-state index in [1.54, 1.807) is 10.9 Å². The van der Waals surface area contributed by atoms with Gasteiger partial charge in [0.1, 0.15) is 5.69 Å². The van der Waals surface area contributed by atoms with Gasteiger partial charge < -0.3 is 14.0 Å². The maximum atomic E-state index is 13.7. The van der Waals surface area contributed by atoms with Gasteiger partial charge in [0.15, 0.2) is 17.3 Å². The van der Waals surface area contributed by atoms with Crippen LogP contribution in [-0.2, 0) is 0 Å². The molecule has 0 spiro atoms. The smallest absolute Gasteiger partial charge is 0.362 e. The average molecular weight is 340 g/mol. The van der Waals surface area contributed by atoms with Gasteiger partial charge in [-0.2, -0.15) is 0 Å². The Morgan fingerprint density at radius 2 is 1.92 bits per heavy atom. The summed E-state index contributed by atoms with van der Waals surface area (Å²) in [5.41, 5.74) is 1.29. The zero-order valence-electron chi connectivity index (χ0n) is 13.8. The third kappa shape index (κ3) is 3.38. The lowest BCUT2D eigenvalue weighted by atomic mass is 10.1. The van der Waals surface area contributed by atoms with Crippen molar-refractivity contribution in [1.29, 1.82) is 0 Å². The first-order valence-electron chi connectivity index (χ1n) is 7.73. The third-order valence-corrected chi connectivity index (χ3v) is 3.91. The maximum Gasteiger partial charge on any atom is 0.362 e. The summed E-state index contributed by atoms with van der Waals surface area (Å²) >= 11 is 0. The Kier molecular flexibility index (Phi) is 4.79. The quantitative estimate of drug-likeness (QED) is 0.523. The molecule has 128 valence electrons. The number of hydrogen-bond donors (Lipinski definition) is 0. The molecule has 0 radical (unpaired) electrons. The molecule has 3 aromatic rings. The van der Waals surface area contributed by atoms with Crippen LogP contribution in [0, 0.1) is 5.82 Å². The molecular weight excluding hydrogens is 323 g/mol. The van der Waals surface area contributed by atoms with Crippen LogP contribution in [0.4, 0.5) is 4.39 Å². The fourth-order valence-corrected chi connectivity index (χ4v) is 2.58. The molecule has 0 aliphatic heterocycles. The highest BCUT2D eigenvalue weighted by Crippen LogP contribution is 2.30. The number of hydrogen-bond acceptors (Lipinski definition) is 4. The molecule has 0 aliphatic rings. The number of benzene rings is 2. The van der Waals surface area contributed by atoms with E-state index in [0.29, 0.717) is 0 Å². The van der Waals surface area contributed by atoms with Crippen molar-refractivity contribution >= 4 is 5.97 Å². The molecular formula is C19H17FN2O3. The number of methoxy groups -OCH3 is 1. The van der Waals surface area contributed by atoms with E-state index in [-0.39, 0.29) is 23.2 Å². The van der Waals surface area contributed by atoms with Gasteiger partial charge in [-0.05, 0) is 24.6 Å². The van der Waals surface area contributed by atoms with Gasteiger partial charge in [-0.1, -0.05) is 36.4 Å². The number of para-hydroxylation sites is 1. The van der Waals surface area contributed by atoms with Gasteiger partial charge in [0, 0.05) is 0 Å². The van der Waals surface area contributed by atoms with Crippen molar-refractivity contribution < 1.29 is 18.7 Å². The minimum atomic E-state index is -0.635. The Hall–Kier alpha value is -3.15. The van der Waals surface area contributed by atoms with Gasteiger partial charge in [0.25, 0.3) is 0 Å². The predicted octanol–water partition coefficient (Wildman–Crippen LogP) is 3.86. The zero-order chi connectivity index (χ0) is 17.8. The number of carbonyl (C=O) groups is 1. The van der Waals surface area contributed by atoms with E-state index >= 15 is 0 Å². The van der Waals surface area contributed by atoms with E-state index in [4.69, 9.17) is 9.47 Å². The van der Waals surface area contributed by atoms with Gasteiger partial charge in [0.05, 0.1) is 25.7 Å². The Bertz CT molecular complexity index is 877. The SMILES string of the molecule is COc1c(F)cccc1OC(=O)c1cncn1C(C)c1ccccc1. The molecule has 0 amide bonds. The number of nitrogens with zero attached hydrogens (tertiary/aromatic N) is 2. The van der Waals surface area contributed by atoms with Crippen LogP contribution < -0.4 is 9.47 Å². The monoisotopic (exact) mass is 340 g/mol. The van der Waals surface area contributed by atoms with Gasteiger partial charge in [0.2, 0.25) is 0 Å². The van der Waals surface area contributed by atoms with Gasteiger partial charge in [-0.15, -0.1) is 0 Å². The first kappa shape index (κ1) is 16.7. The van der Waals surface area contributed by atoms with E-state index in [1.165, 1.54) is 31.5 Å². The second kappa shape index (κ2) is 7.17. The minimum Gasteiger partial charge on any atom is -0.490 e. The summed E-state index contributed by atoms with van der Waals surface area (Å²) in [5, 5.41) is 0. The van der Waals surface area contributed by atoms with Gasteiger partial charge >= 0.3 is 5.97 Å². The van der Waals surface area contributed by atoms with Crippen molar-refractivity contribution in [1.82, 2.24) is 9.55 Å². The normalized spacial score (nSPS) is 11.8. The number of carbonyl (C=O) groups excluding carboxylic acids is 1. The van der Waals surface area contributed by atoms with Crippen LogP contribution in [0.15, 0.2) is 61.1 Å². The minimum absolute atomic E-state index is 0.0209. The third-order valence-electron chi connectivity index (χ3n) is 3.91. The number of aromatic nitrogens is 2. The van der Waals surface area contributed by atoms with E-state index in [1.807, 2.05) is 37.3 Å². The van der Waals surface area contributed by atoms with Crippen molar-refractivity contribution in [2.45, 2.75) is 13.0 Å². The van der Waals surface area contributed by atoms with Crippen LogP contribution in [0.3, 0.4) is 0 Å². The lowest BCUT2D eigenvalue weighted by Crippen LogP contribution is -2.17. The molecule has 1 atom stereocenters. The number of imidazole rings is 1. The summed E-state index contributed by atoms with van der Waals surface area (Å²) < 4.78 is 25.7. The van der Waals surface area contributed by atoms with Crippen molar-refractivity contribution in [3.63, 3.8) is 0 Å². The summed E-state index contributed by atoms with van der Waals surface area (Å²) in [6.07, 6.45) is 2.99. The van der Waals surface area contributed by atoms with Gasteiger partial charge in [-0.3, -0.25) is 0 Å². The molecule has 2 aromatic carbocycles. The number of ether oxygens (including phenoxy) is 2. The summed E-state index contributed by atoms with van der Waals surface area (Å²) in [7, 11) is 1.32. The molecule has 0 aliphatic carbocycles. The van der Waals surface area contributed by atoms with Crippen LogP contribution in [0.25, 0.3) is 0 Å². The fraction of sp³-hybridized carbons (Fsp3) is 0.158. The van der Waals surface area contributed by atoms with Crippen molar-refractivity contribution in [3.05, 3.63) is 78.1 Å². The van der Waals surface area contributed by atoms with Crippen LogP contribution in [0.5, 0.6) is 11.5 Å². The molecule has 1 heterocycles. The molecule has 0 saturated heterocycles. The summed E-state index contributed by atoms with van der Waals surface area (Å²) in [6, 6.07) is 13.8. The second-order valence-corrected chi connectivity index (χ2v) is 5.43. The van der Waals surface area contributed by atoms with Crippen LogP contribution in [-0.4, -0.2) is 22.6 Å². The van der Waals surface area contributed by atoms with E-state index < -0.39 is 11.8 Å². The zero-order valence-corrected chi connectivity index (χ0v) is 13.8. The number of halogens is 1. The molecule has 0 N–H and O–H groups in total. The average Bonchev–Trinajstić information content (AvgIpc) is 3.12. The fourth-order valence-electron chi connectivity index (χ4n) is 2.58. The van der Waals surface area contributed by atoms with Crippen molar-refractivity contribution in [3.8, 4) is 11.5 Å². The Morgan fingerprint density at radius 3 is 2.64 bits per heavy atom. The first-order chi connectivity index (χ1) is 12.1. The highest BCUT2D eigenvalue weighted by Gasteiger charge is 2.21. The largest absolute Gasteiger partial charge is 0.490 e. The number of rotatable bonds is 5. The summed E-state index contributed by atoms with van der Waals surface area (Å²) in [6.45, 7) is 1.95. The molecule has 0 saturated carbocycles. The summed E-state index contributed by atoms with van der Waals surface area (Å²) in [4.78, 5) is 16.6. The lowest BCUT2D eigenvalue weighted by molar-refractivity contribution is 0.0716.